The van der Waals surface area contributed by atoms with Crippen LogP contribution in [0.3, 0.4) is 0 Å². The van der Waals surface area contributed by atoms with Crippen LogP contribution in [0.5, 0.6) is 17.2 Å². The van der Waals surface area contributed by atoms with Crippen molar-refractivity contribution in [2.45, 2.75) is 12.5 Å². The van der Waals surface area contributed by atoms with E-state index in [0.29, 0.717) is 29.5 Å². The van der Waals surface area contributed by atoms with Crippen molar-refractivity contribution in [3.63, 3.8) is 0 Å². The molecule has 1 heterocycles. The Labute approximate surface area is 175 Å². The Morgan fingerprint density at radius 3 is 2.33 bits per heavy atom. The third-order valence-electron chi connectivity index (χ3n) is 4.59. The lowest BCUT2D eigenvalue weighted by atomic mass is 10.0. The van der Waals surface area contributed by atoms with Crippen molar-refractivity contribution in [1.82, 2.24) is 9.97 Å². The van der Waals surface area contributed by atoms with Crippen LogP contribution in [0.2, 0.25) is 0 Å². The van der Waals surface area contributed by atoms with Crippen LogP contribution in [0.25, 0.3) is 0 Å². The second-order valence-corrected chi connectivity index (χ2v) is 6.48. The Bertz CT molecular complexity index is 986. The Balaban J connectivity index is 1.85. The van der Waals surface area contributed by atoms with E-state index in [9.17, 15) is 4.79 Å². The molecule has 0 spiro atoms. The van der Waals surface area contributed by atoms with Crippen LogP contribution in [0.4, 0.5) is 5.82 Å². The Morgan fingerprint density at radius 1 is 1.07 bits per heavy atom. The van der Waals surface area contributed by atoms with E-state index in [-0.39, 0.29) is 5.91 Å². The molecule has 156 valence electrons. The lowest BCUT2D eigenvalue weighted by Crippen LogP contribution is -2.28. The number of hydrogen-bond donors (Lipinski definition) is 2. The van der Waals surface area contributed by atoms with Gasteiger partial charge in [-0.25, -0.2) is 9.97 Å². The number of rotatable bonds is 8. The van der Waals surface area contributed by atoms with E-state index in [1.54, 1.807) is 39.7 Å². The van der Waals surface area contributed by atoms with Gasteiger partial charge in [-0.05, 0) is 23.3 Å². The summed E-state index contributed by atoms with van der Waals surface area (Å²) in [4.78, 5) is 21.0. The van der Waals surface area contributed by atoms with Gasteiger partial charge in [0.1, 0.15) is 18.2 Å². The van der Waals surface area contributed by atoms with Gasteiger partial charge in [0.25, 0.3) is 0 Å². The van der Waals surface area contributed by atoms with Crippen molar-refractivity contribution in [3.8, 4) is 17.2 Å². The number of anilines is 1. The molecule has 3 rings (SSSR count). The monoisotopic (exact) mass is 408 g/mol. The zero-order valence-corrected chi connectivity index (χ0v) is 17.1. The van der Waals surface area contributed by atoms with E-state index in [0.717, 1.165) is 16.7 Å². The minimum Gasteiger partial charge on any atom is -0.493 e. The van der Waals surface area contributed by atoms with Crippen molar-refractivity contribution in [2.24, 2.45) is 5.73 Å². The highest BCUT2D eigenvalue weighted by atomic mass is 16.5. The number of benzene rings is 2. The molecule has 1 aromatic heterocycles. The molecule has 1 atom stereocenters. The van der Waals surface area contributed by atoms with E-state index >= 15 is 0 Å². The van der Waals surface area contributed by atoms with Gasteiger partial charge in [-0.15, -0.1) is 0 Å². The fourth-order valence-electron chi connectivity index (χ4n) is 3.06. The number of nitrogens with zero attached hydrogens (tertiary/aromatic N) is 2. The summed E-state index contributed by atoms with van der Waals surface area (Å²) in [6, 6.07) is 12.0. The van der Waals surface area contributed by atoms with Gasteiger partial charge in [0.15, 0.2) is 11.5 Å². The summed E-state index contributed by atoms with van der Waals surface area (Å²) in [6.07, 6.45) is 3.47. The van der Waals surface area contributed by atoms with Gasteiger partial charge >= 0.3 is 0 Å². The fourth-order valence-corrected chi connectivity index (χ4v) is 3.06. The minimum absolute atomic E-state index is 0.356. The van der Waals surface area contributed by atoms with Gasteiger partial charge < -0.3 is 25.3 Å². The van der Waals surface area contributed by atoms with Gasteiger partial charge in [-0.1, -0.05) is 30.3 Å². The molecule has 30 heavy (non-hydrogen) atoms. The van der Waals surface area contributed by atoms with Crippen molar-refractivity contribution < 1.29 is 19.0 Å². The maximum atomic E-state index is 12.6. The predicted molar refractivity (Wildman–Crippen MR) is 113 cm³/mol. The van der Waals surface area contributed by atoms with Crippen LogP contribution in [0, 0.1) is 0 Å². The number of ether oxygens (including phenoxy) is 3. The van der Waals surface area contributed by atoms with Crippen molar-refractivity contribution in [3.05, 3.63) is 71.7 Å². The molecule has 1 unspecified atom stereocenters. The second-order valence-electron chi connectivity index (χ2n) is 6.48. The molecule has 0 saturated carbocycles. The first-order chi connectivity index (χ1) is 14.6. The molecular formula is C22H24N4O4. The van der Waals surface area contributed by atoms with E-state index < -0.39 is 6.04 Å². The van der Waals surface area contributed by atoms with E-state index in [4.69, 9.17) is 19.9 Å². The lowest BCUT2D eigenvalue weighted by Gasteiger charge is -2.16. The number of nitrogens with two attached hydrogens (primary N) is 1. The molecule has 8 heteroatoms. The molecule has 1 amide bonds. The Morgan fingerprint density at radius 2 is 1.73 bits per heavy atom. The van der Waals surface area contributed by atoms with E-state index in [2.05, 4.69) is 15.3 Å². The SMILES string of the molecule is COc1cc(Cc2cncnc2NC(=O)C(N)c2ccccc2)cc(OC)c1OC. The van der Waals surface area contributed by atoms with Crippen molar-refractivity contribution >= 4 is 11.7 Å². The topological polar surface area (TPSA) is 109 Å². The molecule has 0 aliphatic rings. The van der Waals surface area contributed by atoms with Gasteiger partial charge in [-0.3, -0.25) is 4.79 Å². The fraction of sp³-hybridized carbons (Fsp3) is 0.227. The number of aromatic nitrogens is 2. The average Bonchev–Trinajstić information content (AvgIpc) is 2.79. The number of nitrogens with one attached hydrogen (secondary N) is 1. The van der Waals surface area contributed by atoms with Gasteiger partial charge in [0.2, 0.25) is 11.7 Å². The molecule has 0 aliphatic heterocycles. The first-order valence-corrected chi connectivity index (χ1v) is 9.26. The molecule has 8 nitrogen and oxygen atoms in total. The minimum atomic E-state index is -0.810. The summed E-state index contributed by atoms with van der Waals surface area (Å²) < 4.78 is 16.2. The zero-order valence-electron chi connectivity index (χ0n) is 17.1. The van der Waals surface area contributed by atoms with Gasteiger partial charge in [-0.2, -0.15) is 0 Å². The van der Waals surface area contributed by atoms with Crippen LogP contribution in [-0.4, -0.2) is 37.2 Å². The summed E-state index contributed by atoms with van der Waals surface area (Å²) in [6.45, 7) is 0. The number of carbonyl (C=O) groups is 1. The highest BCUT2D eigenvalue weighted by Gasteiger charge is 2.19. The normalized spacial score (nSPS) is 11.5. The first kappa shape index (κ1) is 21.1. The smallest absolute Gasteiger partial charge is 0.247 e. The highest BCUT2D eigenvalue weighted by molar-refractivity contribution is 5.95. The molecular weight excluding hydrogens is 384 g/mol. The Hall–Kier alpha value is -3.65. The summed E-state index contributed by atoms with van der Waals surface area (Å²) in [5, 5.41) is 2.81. The molecule has 2 aromatic carbocycles. The number of carbonyl (C=O) groups excluding carboxylic acids is 1. The Kier molecular flexibility index (Phi) is 6.82. The predicted octanol–water partition coefficient (Wildman–Crippen LogP) is 2.73. The number of hydrogen-bond acceptors (Lipinski definition) is 7. The van der Waals surface area contributed by atoms with Gasteiger partial charge in [0.05, 0.1) is 21.3 Å². The summed E-state index contributed by atoms with van der Waals surface area (Å²) in [7, 11) is 4.67. The second kappa shape index (κ2) is 9.71. The maximum Gasteiger partial charge on any atom is 0.247 e. The van der Waals surface area contributed by atoms with Crippen molar-refractivity contribution in [2.75, 3.05) is 26.6 Å². The van der Waals surface area contributed by atoms with Crippen LogP contribution < -0.4 is 25.3 Å². The maximum absolute atomic E-state index is 12.6. The molecule has 0 aliphatic carbocycles. The number of amides is 1. The van der Waals surface area contributed by atoms with Crippen molar-refractivity contribution in [1.29, 1.82) is 0 Å². The third kappa shape index (κ3) is 4.66. The first-order valence-electron chi connectivity index (χ1n) is 9.26. The van der Waals surface area contributed by atoms with E-state index in [1.165, 1.54) is 6.33 Å². The molecule has 0 bridgehead atoms. The lowest BCUT2D eigenvalue weighted by molar-refractivity contribution is -0.117. The summed E-state index contributed by atoms with van der Waals surface area (Å²) in [5.41, 5.74) is 8.41. The van der Waals surface area contributed by atoms with Crippen LogP contribution in [0.1, 0.15) is 22.7 Å². The van der Waals surface area contributed by atoms with Crippen LogP contribution in [0.15, 0.2) is 55.0 Å². The number of methoxy groups -OCH3 is 3. The largest absolute Gasteiger partial charge is 0.493 e. The van der Waals surface area contributed by atoms with Crippen LogP contribution >= 0.6 is 0 Å². The standard InChI is InChI=1S/C22H24N4O4/c1-28-17-10-14(11-18(29-2)20(17)30-3)9-16-12-24-13-25-21(16)26-22(27)19(23)15-7-5-4-6-8-15/h4-8,10-13,19H,9,23H2,1-3H3,(H,24,25,26,27). The molecule has 3 N–H and O–H groups in total. The molecule has 3 aromatic rings. The third-order valence-corrected chi connectivity index (χ3v) is 4.59. The van der Waals surface area contributed by atoms with E-state index in [1.807, 2.05) is 30.3 Å². The average molecular weight is 408 g/mol. The summed E-state index contributed by atoms with van der Waals surface area (Å²) in [5.74, 6) is 1.64. The molecule has 0 fully saturated rings. The van der Waals surface area contributed by atoms with Gasteiger partial charge in [0, 0.05) is 18.2 Å². The zero-order chi connectivity index (χ0) is 21.5. The summed E-state index contributed by atoms with van der Waals surface area (Å²) >= 11 is 0. The highest BCUT2D eigenvalue weighted by Crippen LogP contribution is 2.38. The quantitative estimate of drug-likeness (QED) is 0.590. The van der Waals surface area contributed by atoms with Crippen LogP contribution in [-0.2, 0) is 11.2 Å². The molecule has 0 saturated heterocycles. The molecule has 0 radical (unpaired) electrons.